The zero-order valence-corrected chi connectivity index (χ0v) is 8.38. The Morgan fingerprint density at radius 1 is 1.55 bits per heavy atom. The molecule has 0 aromatic carbocycles. The smallest absolute Gasteiger partial charge is 0.129 e. The van der Waals surface area contributed by atoms with Crippen LogP contribution in [0.3, 0.4) is 0 Å². The molecule has 0 fully saturated rings. The Labute approximate surface area is 81.3 Å². The van der Waals surface area contributed by atoms with E-state index in [4.69, 9.17) is 34.8 Å². The molecule has 0 rings (SSSR count). The summed E-state index contributed by atoms with van der Waals surface area (Å²) in [5.41, 5.74) is 0. The molecule has 0 saturated carbocycles. The molecule has 1 unspecified atom stereocenters. The molecule has 0 radical (unpaired) electrons. The van der Waals surface area contributed by atoms with Crippen LogP contribution in [0.2, 0.25) is 0 Å². The van der Waals surface area contributed by atoms with Crippen LogP contribution in [0, 0.1) is 0 Å². The maximum atomic E-state index is 10.5. The average molecular weight is 216 g/mol. The lowest BCUT2D eigenvalue weighted by molar-refractivity contribution is -0.117. The highest BCUT2D eigenvalue weighted by molar-refractivity contribution is 6.56. The topological polar surface area (TPSA) is 17.1 Å². The van der Waals surface area contributed by atoms with Gasteiger partial charge in [-0.25, -0.2) is 0 Å². The summed E-state index contributed by atoms with van der Waals surface area (Å²) in [7, 11) is 0. The molecular formula is C7H9Cl3O. The predicted octanol–water partition coefficient (Wildman–Crippen LogP) is 3.28. The summed E-state index contributed by atoms with van der Waals surface area (Å²) in [4.78, 5) is 10.5. The monoisotopic (exact) mass is 214 g/mol. The zero-order chi connectivity index (χ0) is 8.85. The second-order valence-electron chi connectivity index (χ2n) is 2.21. The zero-order valence-electron chi connectivity index (χ0n) is 6.11. The first-order chi connectivity index (χ1) is 5.02. The van der Waals surface area contributed by atoms with Gasteiger partial charge in [-0.3, -0.25) is 0 Å². The van der Waals surface area contributed by atoms with Gasteiger partial charge >= 0.3 is 0 Å². The second-order valence-corrected chi connectivity index (χ2v) is 3.78. The number of halogens is 3. The van der Waals surface area contributed by atoms with Gasteiger partial charge in [0.25, 0.3) is 0 Å². The van der Waals surface area contributed by atoms with E-state index in [1.54, 1.807) is 0 Å². The van der Waals surface area contributed by atoms with Crippen molar-refractivity contribution in [2.75, 3.05) is 0 Å². The maximum absolute atomic E-state index is 10.5. The molecule has 0 aliphatic heterocycles. The van der Waals surface area contributed by atoms with Gasteiger partial charge in [-0.1, -0.05) is 23.2 Å². The van der Waals surface area contributed by atoms with Gasteiger partial charge < -0.3 is 4.79 Å². The lowest BCUT2D eigenvalue weighted by Crippen LogP contribution is -1.98. The van der Waals surface area contributed by atoms with Crippen LogP contribution < -0.4 is 0 Å². The molecule has 11 heavy (non-hydrogen) atoms. The molecule has 0 amide bonds. The van der Waals surface area contributed by atoms with Crippen molar-refractivity contribution in [2.45, 2.75) is 25.1 Å². The minimum absolute atomic E-state index is 0.120. The minimum atomic E-state index is -0.246. The van der Waals surface area contributed by atoms with Crippen LogP contribution in [0.4, 0.5) is 0 Å². The van der Waals surface area contributed by atoms with E-state index >= 15 is 0 Å². The molecule has 0 aromatic rings. The first-order valence-corrected chi connectivity index (χ1v) is 4.38. The Morgan fingerprint density at radius 2 is 2.09 bits per heavy atom. The van der Waals surface area contributed by atoms with E-state index in [1.165, 1.54) is 13.0 Å². The van der Waals surface area contributed by atoms with E-state index in [-0.39, 0.29) is 15.7 Å². The van der Waals surface area contributed by atoms with Crippen LogP contribution in [0.5, 0.6) is 0 Å². The predicted molar refractivity (Wildman–Crippen MR) is 49.3 cm³/mol. The molecule has 64 valence electrons. The van der Waals surface area contributed by atoms with Gasteiger partial charge in [0.1, 0.15) is 10.3 Å². The van der Waals surface area contributed by atoms with Gasteiger partial charge in [0.2, 0.25) is 0 Å². The molecule has 0 spiro atoms. The normalized spacial score (nSPS) is 12.4. The highest BCUT2D eigenvalue weighted by Crippen LogP contribution is 2.14. The molecule has 1 nitrogen and oxygen atoms in total. The Balaban J connectivity index is 3.61. The van der Waals surface area contributed by atoms with Crippen LogP contribution in [-0.4, -0.2) is 11.2 Å². The summed E-state index contributed by atoms with van der Waals surface area (Å²) in [6.07, 6.45) is 2.55. The van der Waals surface area contributed by atoms with Crippen molar-refractivity contribution in [2.24, 2.45) is 0 Å². The van der Waals surface area contributed by atoms with Crippen molar-refractivity contribution in [1.29, 1.82) is 0 Å². The lowest BCUT2D eigenvalue weighted by atomic mass is 10.2. The van der Waals surface area contributed by atoms with Crippen LogP contribution in [0.25, 0.3) is 0 Å². The summed E-state index contributed by atoms with van der Waals surface area (Å²) in [6, 6.07) is 0. The molecule has 0 N–H and O–H groups in total. The third-order valence-electron chi connectivity index (χ3n) is 1.08. The van der Waals surface area contributed by atoms with Crippen LogP contribution in [-0.2, 0) is 4.79 Å². The SMILES string of the molecule is CC(=O)CCC(Cl)C=C(Cl)Cl. The van der Waals surface area contributed by atoms with Crippen molar-refractivity contribution in [3.8, 4) is 0 Å². The number of hydrogen-bond donors (Lipinski definition) is 0. The molecule has 0 saturated heterocycles. The summed E-state index contributed by atoms with van der Waals surface area (Å²) in [5.74, 6) is 0.120. The first-order valence-electron chi connectivity index (χ1n) is 3.18. The number of hydrogen-bond acceptors (Lipinski definition) is 1. The lowest BCUT2D eigenvalue weighted by Gasteiger charge is -2.00. The Hall–Kier alpha value is 0.280. The fourth-order valence-electron chi connectivity index (χ4n) is 0.561. The van der Waals surface area contributed by atoms with Gasteiger partial charge in [0.05, 0.1) is 5.38 Å². The Bertz CT molecular complexity index is 161. The highest BCUT2D eigenvalue weighted by atomic mass is 35.5. The van der Waals surface area contributed by atoms with Crippen LogP contribution in [0.1, 0.15) is 19.8 Å². The van der Waals surface area contributed by atoms with Gasteiger partial charge in [-0.05, 0) is 19.4 Å². The van der Waals surface area contributed by atoms with E-state index in [1.807, 2.05) is 0 Å². The van der Waals surface area contributed by atoms with Crippen LogP contribution in [0.15, 0.2) is 10.6 Å². The Kier molecular flexibility index (Phi) is 6.02. The quantitative estimate of drug-likeness (QED) is 0.658. The summed E-state index contributed by atoms with van der Waals surface area (Å²) < 4.78 is 0.147. The number of rotatable bonds is 4. The number of ketones is 1. The number of allylic oxidation sites excluding steroid dienone is 1. The molecule has 0 aromatic heterocycles. The number of carbonyl (C=O) groups is 1. The third-order valence-corrected chi connectivity index (χ3v) is 1.68. The van der Waals surface area contributed by atoms with E-state index in [9.17, 15) is 4.79 Å². The number of Topliss-reactive ketones (excluding diaryl/α,β-unsaturated/α-hetero) is 1. The molecular weight excluding hydrogens is 206 g/mol. The fraction of sp³-hybridized carbons (Fsp3) is 0.571. The van der Waals surface area contributed by atoms with Crippen LogP contribution >= 0.6 is 34.8 Å². The van der Waals surface area contributed by atoms with Crippen molar-refractivity contribution in [3.05, 3.63) is 10.6 Å². The van der Waals surface area contributed by atoms with E-state index < -0.39 is 0 Å². The van der Waals surface area contributed by atoms with E-state index in [0.29, 0.717) is 12.8 Å². The van der Waals surface area contributed by atoms with Gasteiger partial charge in [-0.15, -0.1) is 11.6 Å². The van der Waals surface area contributed by atoms with E-state index in [2.05, 4.69) is 0 Å². The summed E-state index contributed by atoms with van der Waals surface area (Å²) in [6.45, 7) is 1.52. The van der Waals surface area contributed by atoms with Gasteiger partial charge in [-0.2, -0.15) is 0 Å². The maximum Gasteiger partial charge on any atom is 0.129 e. The molecule has 0 heterocycles. The van der Waals surface area contributed by atoms with Gasteiger partial charge in [0, 0.05) is 6.42 Å². The third kappa shape index (κ3) is 8.18. The average Bonchev–Trinajstić information content (AvgIpc) is 1.82. The van der Waals surface area contributed by atoms with Crippen molar-refractivity contribution in [1.82, 2.24) is 0 Å². The molecule has 0 bridgehead atoms. The molecule has 4 heteroatoms. The highest BCUT2D eigenvalue weighted by Gasteiger charge is 2.02. The minimum Gasteiger partial charge on any atom is -0.300 e. The first kappa shape index (κ1) is 11.3. The number of alkyl halides is 1. The van der Waals surface area contributed by atoms with Crippen molar-refractivity contribution >= 4 is 40.6 Å². The van der Waals surface area contributed by atoms with Crippen molar-refractivity contribution in [3.63, 3.8) is 0 Å². The summed E-state index contributed by atoms with van der Waals surface area (Å²) >= 11 is 16.4. The van der Waals surface area contributed by atoms with Crippen molar-refractivity contribution < 1.29 is 4.79 Å². The number of carbonyl (C=O) groups excluding carboxylic acids is 1. The standard InChI is InChI=1S/C7H9Cl3O/c1-5(11)2-3-6(8)4-7(9)10/h4,6H,2-3H2,1H3. The largest absolute Gasteiger partial charge is 0.300 e. The molecule has 0 aliphatic carbocycles. The Morgan fingerprint density at radius 3 is 2.45 bits per heavy atom. The fourth-order valence-corrected chi connectivity index (χ4v) is 1.23. The van der Waals surface area contributed by atoms with Gasteiger partial charge in [0.15, 0.2) is 0 Å². The van der Waals surface area contributed by atoms with E-state index in [0.717, 1.165) is 0 Å². The summed E-state index contributed by atoms with van der Waals surface area (Å²) in [5, 5.41) is -0.246. The molecule has 1 atom stereocenters. The second kappa shape index (κ2) is 5.87. The molecule has 0 aliphatic rings.